The van der Waals surface area contributed by atoms with Gasteiger partial charge in [0.1, 0.15) is 12.4 Å². The lowest BCUT2D eigenvalue weighted by Crippen LogP contribution is -2.17. The van der Waals surface area contributed by atoms with Crippen LogP contribution in [0.3, 0.4) is 0 Å². The number of hydrogen-bond acceptors (Lipinski definition) is 4. The fourth-order valence-corrected chi connectivity index (χ4v) is 2.99. The third-order valence-electron chi connectivity index (χ3n) is 2.97. The normalized spacial score (nSPS) is 10.8. The number of anilines is 1. The van der Waals surface area contributed by atoms with Crippen molar-refractivity contribution in [3.63, 3.8) is 0 Å². The first kappa shape index (κ1) is 12.7. The quantitative estimate of drug-likeness (QED) is 0.750. The molecule has 2 N–H and O–H groups in total. The summed E-state index contributed by atoms with van der Waals surface area (Å²) in [6, 6.07) is 14.9. The SMILES string of the molecule is Nc1cccc(OCCn2sc3ccccc3c2=O)c1. The maximum absolute atomic E-state index is 12.1. The summed E-state index contributed by atoms with van der Waals surface area (Å²) in [7, 11) is 0. The molecule has 0 bridgehead atoms. The van der Waals surface area contributed by atoms with Crippen molar-refractivity contribution in [1.29, 1.82) is 0 Å². The van der Waals surface area contributed by atoms with Crippen LogP contribution in [-0.4, -0.2) is 10.6 Å². The van der Waals surface area contributed by atoms with Gasteiger partial charge in [0.2, 0.25) is 0 Å². The molecule has 0 unspecified atom stereocenters. The number of nitrogens with zero attached hydrogens (tertiary/aromatic N) is 1. The molecule has 0 spiro atoms. The molecule has 0 aliphatic heterocycles. The predicted molar refractivity (Wildman–Crippen MR) is 82.4 cm³/mol. The molecule has 1 aromatic heterocycles. The van der Waals surface area contributed by atoms with Crippen LogP contribution in [-0.2, 0) is 6.54 Å². The second-order valence-electron chi connectivity index (χ2n) is 4.42. The van der Waals surface area contributed by atoms with Crippen molar-refractivity contribution in [2.24, 2.45) is 0 Å². The second-order valence-corrected chi connectivity index (χ2v) is 5.48. The summed E-state index contributed by atoms with van der Waals surface area (Å²) < 4.78 is 8.33. The first-order valence-electron chi connectivity index (χ1n) is 6.31. The van der Waals surface area contributed by atoms with E-state index in [0.717, 1.165) is 15.8 Å². The number of rotatable bonds is 4. The molecule has 0 aliphatic carbocycles. The number of aromatic nitrogens is 1. The summed E-state index contributed by atoms with van der Waals surface area (Å²) in [4.78, 5) is 12.1. The molecule has 5 heteroatoms. The maximum Gasteiger partial charge on any atom is 0.268 e. The van der Waals surface area contributed by atoms with Crippen molar-refractivity contribution in [1.82, 2.24) is 3.96 Å². The molecule has 0 amide bonds. The van der Waals surface area contributed by atoms with E-state index in [1.807, 2.05) is 42.5 Å². The van der Waals surface area contributed by atoms with Gasteiger partial charge in [0, 0.05) is 11.8 Å². The minimum Gasteiger partial charge on any atom is -0.492 e. The molecular weight excluding hydrogens is 272 g/mol. The Kier molecular flexibility index (Phi) is 3.43. The Balaban J connectivity index is 1.71. The van der Waals surface area contributed by atoms with Crippen LogP contribution < -0.4 is 16.0 Å². The monoisotopic (exact) mass is 286 g/mol. The predicted octanol–water partition coefficient (Wildman–Crippen LogP) is 2.72. The molecule has 4 nitrogen and oxygen atoms in total. The molecular formula is C15H14N2O2S. The Morgan fingerprint density at radius 3 is 2.80 bits per heavy atom. The molecule has 102 valence electrons. The van der Waals surface area contributed by atoms with Gasteiger partial charge in [0.25, 0.3) is 5.56 Å². The molecule has 1 heterocycles. The van der Waals surface area contributed by atoms with Gasteiger partial charge in [-0.05, 0) is 24.3 Å². The van der Waals surface area contributed by atoms with Gasteiger partial charge in [0.15, 0.2) is 0 Å². The summed E-state index contributed by atoms with van der Waals surface area (Å²) in [5.74, 6) is 0.721. The highest BCUT2D eigenvalue weighted by Crippen LogP contribution is 2.17. The minimum atomic E-state index is 0.0433. The summed E-state index contributed by atoms with van der Waals surface area (Å²) in [6.45, 7) is 0.975. The van der Waals surface area contributed by atoms with Crippen LogP contribution in [0.4, 0.5) is 5.69 Å². The van der Waals surface area contributed by atoms with Gasteiger partial charge in [0.05, 0.1) is 16.6 Å². The summed E-state index contributed by atoms with van der Waals surface area (Å²) >= 11 is 1.46. The third kappa shape index (κ3) is 2.53. The molecule has 3 aromatic rings. The molecule has 0 saturated heterocycles. The maximum atomic E-state index is 12.1. The van der Waals surface area contributed by atoms with E-state index in [0.29, 0.717) is 18.8 Å². The van der Waals surface area contributed by atoms with Crippen LogP contribution >= 0.6 is 11.5 Å². The summed E-state index contributed by atoms with van der Waals surface area (Å²) in [6.07, 6.45) is 0. The summed E-state index contributed by atoms with van der Waals surface area (Å²) in [5, 5.41) is 0.765. The molecule has 0 saturated carbocycles. The lowest BCUT2D eigenvalue weighted by molar-refractivity contribution is 0.302. The van der Waals surface area contributed by atoms with E-state index in [-0.39, 0.29) is 5.56 Å². The average molecular weight is 286 g/mol. The van der Waals surface area contributed by atoms with E-state index in [1.165, 1.54) is 11.5 Å². The zero-order valence-electron chi connectivity index (χ0n) is 10.8. The third-order valence-corrected chi connectivity index (χ3v) is 4.10. The van der Waals surface area contributed by atoms with Crippen molar-refractivity contribution < 1.29 is 4.74 Å². The largest absolute Gasteiger partial charge is 0.492 e. The molecule has 0 aliphatic rings. The molecule has 3 rings (SSSR count). The molecule has 20 heavy (non-hydrogen) atoms. The summed E-state index contributed by atoms with van der Waals surface area (Å²) in [5.41, 5.74) is 6.39. The Morgan fingerprint density at radius 1 is 1.15 bits per heavy atom. The molecule has 0 fully saturated rings. The van der Waals surface area contributed by atoms with E-state index in [1.54, 1.807) is 10.0 Å². The molecule has 0 atom stereocenters. The molecule has 2 aromatic carbocycles. The second kappa shape index (κ2) is 5.38. The van der Waals surface area contributed by atoms with Crippen molar-refractivity contribution >= 4 is 27.3 Å². The van der Waals surface area contributed by atoms with E-state index in [9.17, 15) is 4.79 Å². The highest BCUT2D eigenvalue weighted by atomic mass is 32.1. The van der Waals surface area contributed by atoms with Crippen LogP contribution in [0.1, 0.15) is 0 Å². The van der Waals surface area contributed by atoms with Crippen molar-refractivity contribution in [3.8, 4) is 5.75 Å². The van der Waals surface area contributed by atoms with E-state index in [4.69, 9.17) is 10.5 Å². The van der Waals surface area contributed by atoms with Crippen LogP contribution in [0.2, 0.25) is 0 Å². The first-order valence-corrected chi connectivity index (χ1v) is 7.08. The lowest BCUT2D eigenvalue weighted by atomic mass is 10.3. The van der Waals surface area contributed by atoms with E-state index in [2.05, 4.69) is 0 Å². The fraction of sp³-hybridized carbons (Fsp3) is 0.133. The van der Waals surface area contributed by atoms with Gasteiger partial charge >= 0.3 is 0 Å². The number of hydrogen-bond donors (Lipinski definition) is 1. The Hall–Kier alpha value is -2.27. The van der Waals surface area contributed by atoms with Crippen LogP contribution in [0.5, 0.6) is 5.75 Å². The van der Waals surface area contributed by atoms with Gasteiger partial charge in [-0.3, -0.25) is 8.75 Å². The van der Waals surface area contributed by atoms with Crippen LogP contribution in [0, 0.1) is 0 Å². The first-order chi connectivity index (χ1) is 9.74. The van der Waals surface area contributed by atoms with Gasteiger partial charge < -0.3 is 10.5 Å². The van der Waals surface area contributed by atoms with Crippen LogP contribution in [0.25, 0.3) is 10.1 Å². The highest BCUT2D eigenvalue weighted by Gasteiger charge is 2.06. The smallest absolute Gasteiger partial charge is 0.268 e. The lowest BCUT2D eigenvalue weighted by Gasteiger charge is -2.06. The van der Waals surface area contributed by atoms with Gasteiger partial charge in [-0.25, -0.2) is 0 Å². The Morgan fingerprint density at radius 2 is 2.00 bits per heavy atom. The highest BCUT2D eigenvalue weighted by molar-refractivity contribution is 7.13. The number of ether oxygens (including phenoxy) is 1. The van der Waals surface area contributed by atoms with Crippen LogP contribution in [0.15, 0.2) is 53.3 Å². The topological polar surface area (TPSA) is 57.2 Å². The fourth-order valence-electron chi connectivity index (χ4n) is 2.02. The van der Waals surface area contributed by atoms with Gasteiger partial charge in [-0.15, -0.1) is 0 Å². The molecule has 0 radical (unpaired) electrons. The zero-order valence-corrected chi connectivity index (χ0v) is 11.6. The number of nitrogen functional groups attached to an aromatic ring is 1. The average Bonchev–Trinajstić information content (AvgIpc) is 2.76. The number of benzene rings is 2. The standard InChI is InChI=1S/C15H14N2O2S/c16-11-4-3-5-12(10-11)19-9-8-17-15(18)13-6-1-2-7-14(13)20-17/h1-7,10H,8-9,16H2. The van der Waals surface area contributed by atoms with E-state index >= 15 is 0 Å². The van der Waals surface area contributed by atoms with Crippen molar-refractivity contribution in [2.75, 3.05) is 12.3 Å². The Labute approximate surface area is 120 Å². The number of fused-ring (bicyclic) bond motifs is 1. The van der Waals surface area contributed by atoms with E-state index < -0.39 is 0 Å². The minimum absolute atomic E-state index is 0.0433. The zero-order chi connectivity index (χ0) is 13.9. The van der Waals surface area contributed by atoms with Gasteiger partial charge in [-0.2, -0.15) is 0 Å². The van der Waals surface area contributed by atoms with Crippen molar-refractivity contribution in [2.45, 2.75) is 6.54 Å². The van der Waals surface area contributed by atoms with Crippen molar-refractivity contribution in [3.05, 3.63) is 58.9 Å². The number of nitrogens with two attached hydrogens (primary N) is 1. The van der Waals surface area contributed by atoms with Gasteiger partial charge in [-0.1, -0.05) is 29.7 Å². The Bertz CT molecular complexity index is 792.